The molecule has 21 heavy (non-hydrogen) atoms. The number of imidazole rings is 1. The van der Waals surface area contributed by atoms with Crippen molar-refractivity contribution >= 4 is 0 Å². The maximum atomic E-state index is 6.69. The van der Waals surface area contributed by atoms with Crippen LogP contribution in [0.4, 0.5) is 0 Å². The molecule has 1 unspecified atom stereocenters. The zero-order valence-electron chi connectivity index (χ0n) is 13.1. The minimum absolute atomic E-state index is 0.203. The molecule has 3 rings (SSSR count). The predicted molar refractivity (Wildman–Crippen MR) is 83.1 cm³/mol. The van der Waals surface area contributed by atoms with E-state index in [0.717, 1.165) is 45.0 Å². The number of aryl methyl sites for hydroxylation is 2. The Morgan fingerprint density at radius 1 is 1.33 bits per heavy atom. The van der Waals surface area contributed by atoms with Crippen molar-refractivity contribution in [1.82, 2.24) is 14.5 Å². The lowest BCUT2D eigenvalue weighted by atomic mass is 9.83. The summed E-state index contributed by atoms with van der Waals surface area (Å²) in [7, 11) is 2.06. The summed E-state index contributed by atoms with van der Waals surface area (Å²) in [6.07, 6.45) is 11.0. The standard InChI is InChI=1S/C16H28N4O/c1-19-9-8-18-15(19)5-4-14(17)16(6-2-3-7-16)20-10-12-21-13-11-20/h8-9,14H,2-7,10-13,17H2,1H3. The van der Waals surface area contributed by atoms with E-state index in [2.05, 4.69) is 21.5 Å². The molecule has 5 heteroatoms. The zero-order valence-corrected chi connectivity index (χ0v) is 13.1. The molecule has 1 aromatic heterocycles. The Bertz CT molecular complexity index is 447. The van der Waals surface area contributed by atoms with Crippen LogP contribution in [0, 0.1) is 0 Å². The van der Waals surface area contributed by atoms with Crippen LogP contribution in [0.3, 0.4) is 0 Å². The molecule has 0 radical (unpaired) electrons. The van der Waals surface area contributed by atoms with Gasteiger partial charge in [-0.3, -0.25) is 4.90 Å². The SMILES string of the molecule is Cn1ccnc1CCC(N)C1(N2CCOCC2)CCCC1. The largest absolute Gasteiger partial charge is 0.379 e. The van der Waals surface area contributed by atoms with Crippen LogP contribution in [0.25, 0.3) is 0 Å². The maximum Gasteiger partial charge on any atom is 0.108 e. The van der Waals surface area contributed by atoms with Crippen LogP contribution >= 0.6 is 0 Å². The van der Waals surface area contributed by atoms with Crippen molar-refractivity contribution in [2.75, 3.05) is 26.3 Å². The van der Waals surface area contributed by atoms with Crippen molar-refractivity contribution in [3.8, 4) is 0 Å². The maximum absolute atomic E-state index is 6.69. The minimum atomic E-state index is 0.203. The van der Waals surface area contributed by atoms with Gasteiger partial charge in [0.05, 0.1) is 13.2 Å². The van der Waals surface area contributed by atoms with Gasteiger partial charge in [0, 0.05) is 50.5 Å². The first-order valence-electron chi connectivity index (χ1n) is 8.27. The average Bonchev–Trinajstić information content (AvgIpc) is 3.16. The summed E-state index contributed by atoms with van der Waals surface area (Å²) in [5.74, 6) is 1.14. The van der Waals surface area contributed by atoms with Gasteiger partial charge in [-0.2, -0.15) is 0 Å². The van der Waals surface area contributed by atoms with E-state index < -0.39 is 0 Å². The summed E-state index contributed by atoms with van der Waals surface area (Å²) >= 11 is 0. The molecule has 2 aliphatic rings. The van der Waals surface area contributed by atoms with Crippen LogP contribution < -0.4 is 5.73 Å². The third-order valence-electron chi connectivity index (χ3n) is 5.40. The molecule has 0 aromatic carbocycles. The van der Waals surface area contributed by atoms with Crippen molar-refractivity contribution in [2.24, 2.45) is 12.8 Å². The molecular formula is C16H28N4O. The first kappa shape index (κ1) is 15.0. The average molecular weight is 292 g/mol. The fourth-order valence-corrected chi connectivity index (χ4v) is 4.11. The summed E-state index contributed by atoms with van der Waals surface area (Å²) in [6, 6.07) is 0.231. The number of hydrogen-bond acceptors (Lipinski definition) is 4. The molecule has 2 fully saturated rings. The van der Waals surface area contributed by atoms with Gasteiger partial charge in [-0.25, -0.2) is 4.98 Å². The van der Waals surface area contributed by atoms with Gasteiger partial charge in [0.2, 0.25) is 0 Å². The molecule has 1 atom stereocenters. The molecule has 1 aliphatic heterocycles. The third kappa shape index (κ3) is 3.00. The van der Waals surface area contributed by atoms with Gasteiger partial charge in [-0.15, -0.1) is 0 Å². The molecule has 2 heterocycles. The molecule has 1 saturated carbocycles. The molecule has 0 spiro atoms. The van der Waals surface area contributed by atoms with E-state index in [1.807, 2.05) is 12.4 Å². The number of aromatic nitrogens is 2. The lowest BCUT2D eigenvalue weighted by Gasteiger charge is -2.47. The van der Waals surface area contributed by atoms with Gasteiger partial charge in [-0.05, 0) is 19.3 Å². The smallest absolute Gasteiger partial charge is 0.108 e. The number of nitrogens with zero attached hydrogens (tertiary/aromatic N) is 3. The lowest BCUT2D eigenvalue weighted by Crippen LogP contribution is -2.61. The van der Waals surface area contributed by atoms with Gasteiger partial charge < -0.3 is 15.0 Å². The van der Waals surface area contributed by atoms with Crippen molar-refractivity contribution in [1.29, 1.82) is 0 Å². The highest BCUT2D eigenvalue weighted by Crippen LogP contribution is 2.39. The fourth-order valence-electron chi connectivity index (χ4n) is 4.11. The lowest BCUT2D eigenvalue weighted by molar-refractivity contribution is -0.0316. The molecule has 0 bridgehead atoms. The first-order chi connectivity index (χ1) is 10.2. The van der Waals surface area contributed by atoms with Crippen molar-refractivity contribution in [3.05, 3.63) is 18.2 Å². The highest BCUT2D eigenvalue weighted by atomic mass is 16.5. The van der Waals surface area contributed by atoms with Gasteiger partial charge >= 0.3 is 0 Å². The van der Waals surface area contributed by atoms with Gasteiger partial charge in [0.25, 0.3) is 0 Å². The topological polar surface area (TPSA) is 56.3 Å². The highest BCUT2D eigenvalue weighted by molar-refractivity contribution is 5.04. The molecule has 1 saturated heterocycles. The second-order valence-corrected chi connectivity index (χ2v) is 6.51. The van der Waals surface area contributed by atoms with Gasteiger partial charge in [0.15, 0.2) is 0 Å². The molecule has 118 valence electrons. The van der Waals surface area contributed by atoms with E-state index in [1.54, 1.807) is 0 Å². The first-order valence-corrected chi connectivity index (χ1v) is 8.27. The number of ether oxygens (including phenoxy) is 1. The normalized spacial score (nSPS) is 24.3. The Labute approximate surface area is 127 Å². The van der Waals surface area contributed by atoms with E-state index in [-0.39, 0.29) is 11.6 Å². The molecule has 1 aromatic rings. The number of rotatable bonds is 5. The number of morpholine rings is 1. The molecule has 2 N–H and O–H groups in total. The highest BCUT2D eigenvalue weighted by Gasteiger charge is 2.44. The Kier molecular flexibility index (Phi) is 4.62. The molecule has 5 nitrogen and oxygen atoms in total. The Morgan fingerprint density at radius 3 is 2.67 bits per heavy atom. The zero-order chi connectivity index (χ0) is 14.7. The quantitative estimate of drug-likeness (QED) is 0.889. The number of hydrogen-bond donors (Lipinski definition) is 1. The Hall–Kier alpha value is -0.910. The summed E-state index contributed by atoms with van der Waals surface area (Å²) < 4.78 is 7.62. The van der Waals surface area contributed by atoms with Crippen LogP contribution in [-0.2, 0) is 18.2 Å². The van der Waals surface area contributed by atoms with E-state index in [0.29, 0.717) is 0 Å². The van der Waals surface area contributed by atoms with Crippen molar-refractivity contribution < 1.29 is 4.74 Å². The van der Waals surface area contributed by atoms with Crippen LogP contribution in [0.15, 0.2) is 12.4 Å². The molecule has 0 amide bonds. The van der Waals surface area contributed by atoms with Crippen LogP contribution in [0.5, 0.6) is 0 Å². The predicted octanol–water partition coefficient (Wildman–Crippen LogP) is 1.32. The van der Waals surface area contributed by atoms with Crippen LogP contribution in [0.2, 0.25) is 0 Å². The van der Waals surface area contributed by atoms with Crippen LogP contribution in [0.1, 0.15) is 37.9 Å². The Morgan fingerprint density at radius 2 is 2.05 bits per heavy atom. The van der Waals surface area contributed by atoms with Gasteiger partial charge in [-0.1, -0.05) is 12.8 Å². The number of nitrogens with two attached hydrogens (primary N) is 1. The summed E-state index contributed by atoms with van der Waals surface area (Å²) in [5.41, 5.74) is 6.90. The molecular weight excluding hydrogens is 264 g/mol. The molecule has 1 aliphatic carbocycles. The van der Waals surface area contributed by atoms with Crippen molar-refractivity contribution in [2.45, 2.75) is 50.1 Å². The van der Waals surface area contributed by atoms with E-state index >= 15 is 0 Å². The van der Waals surface area contributed by atoms with Gasteiger partial charge in [0.1, 0.15) is 5.82 Å². The monoisotopic (exact) mass is 292 g/mol. The second-order valence-electron chi connectivity index (χ2n) is 6.51. The van der Waals surface area contributed by atoms with Crippen molar-refractivity contribution in [3.63, 3.8) is 0 Å². The fraction of sp³-hybridized carbons (Fsp3) is 0.812. The third-order valence-corrected chi connectivity index (χ3v) is 5.40. The second kappa shape index (κ2) is 6.46. The van der Waals surface area contributed by atoms with E-state index in [4.69, 9.17) is 10.5 Å². The van der Waals surface area contributed by atoms with E-state index in [1.165, 1.54) is 25.7 Å². The minimum Gasteiger partial charge on any atom is -0.379 e. The van der Waals surface area contributed by atoms with Crippen LogP contribution in [-0.4, -0.2) is 52.3 Å². The summed E-state index contributed by atoms with van der Waals surface area (Å²) in [4.78, 5) is 7.04. The summed E-state index contributed by atoms with van der Waals surface area (Å²) in [5, 5.41) is 0. The van der Waals surface area contributed by atoms with E-state index in [9.17, 15) is 0 Å². The Balaban J connectivity index is 1.66. The summed E-state index contributed by atoms with van der Waals surface area (Å²) in [6.45, 7) is 3.79.